The van der Waals surface area contributed by atoms with E-state index >= 15 is 0 Å². The molecule has 18 heavy (non-hydrogen) atoms. The predicted octanol–water partition coefficient (Wildman–Crippen LogP) is 1.47. The lowest BCUT2D eigenvalue weighted by Gasteiger charge is -2.07. The van der Waals surface area contributed by atoms with E-state index < -0.39 is 0 Å². The number of methoxy groups -OCH3 is 1. The van der Waals surface area contributed by atoms with Gasteiger partial charge in [-0.25, -0.2) is 4.98 Å². The van der Waals surface area contributed by atoms with Crippen LogP contribution in [-0.2, 0) is 11.3 Å². The zero-order valence-electron chi connectivity index (χ0n) is 10.3. The predicted molar refractivity (Wildman–Crippen MR) is 72.2 cm³/mol. The highest BCUT2D eigenvalue weighted by Crippen LogP contribution is 2.23. The second-order valence-electron chi connectivity index (χ2n) is 3.90. The molecule has 1 heterocycles. The number of hydrogen-bond acceptors (Lipinski definition) is 4. The van der Waals surface area contributed by atoms with E-state index in [0.29, 0.717) is 18.2 Å². The monoisotopic (exact) mass is 265 g/mol. The number of imidazole rings is 1. The van der Waals surface area contributed by atoms with E-state index in [1.54, 1.807) is 7.11 Å². The van der Waals surface area contributed by atoms with E-state index in [-0.39, 0.29) is 5.91 Å². The van der Waals surface area contributed by atoms with Gasteiger partial charge >= 0.3 is 0 Å². The smallest absolute Gasteiger partial charge is 0.216 e. The lowest BCUT2D eigenvalue weighted by atomic mass is 10.3. The molecule has 0 aliphatic rings. The maximum Gasteiger partial charge on any atom is 0.216 e. The van der Waals surface area contributed by atoms with E-state index in [4.69, 9.17) is 4.74 Å². The third kappa shape index (κ3) is 2.59. The average molecular weight is 265 g/mol. The van der Waals surface area contributed by atoms with Crippen molar-refractivity contribution in [2.75, 3.05) is 13.7 Å². The largest absolute Gasteiger partial charge is 0.497 e. The number of nitrogens with one attached hydrogen (secondary N) is 1. The van der Waals surface area contributed by atoms with Crippen LogP contribution in [0.4, 0.5) is 0 Å². The molecule has 96 valence electrons. The third-order valence-electron chi connectivity index (χ3n) is 2.64. The molecule has 0 radical (unpaired) electrons. The van der Waals surface area contributed by atoms with Gasteiger partial charge in [-0.1, -0.05) is 0 Å². The molecule has 1 aromatic heterocycles. The van der Waals surface area contributed by atoms with E-state index in [0.717, 1.165) is 16.8 Å². The van der Waals surface area contributed by atoms with Gasteiger partial charge in [0.15, 0.2) is 5.16 Å². The van der Waals surface area contributed by atoms with Crippen molar-refractivity contribution in [2.24, 2.45) is 0 Å². The number of amides is 1. The molecule has 1 aromatic carbocycles. The van der Waals surface area contributed by atoms with E-state index in [2.05, 4.69) is 22.9 Å². The van der Waals surface area contributed by atoms with Crippen LogP contribution in [0.1, 0.15) is 6.92 Å². The van der Waals surface area contributed by atoms with Crippen molar-refractivity contribution in [1.82, 2.24) is 14.9 Å². The van der Waals surface area contributed by atoms with Crippen molar-refractivity contribution in [2.45, 2.75) is 18.6 Å². The number of aromatic nitrogens is 2. The van der Waals surface area contributed by atoms with Gasteiger partial charge in [-0.3, -0.25) is 4.79 Å². The van der Waals surface area contributed by atoms with Gasteiger partial charge in [0.25, 0.3) is 0 Å². The Balaban J connectivity index is 2.29. The minimum absolute atomic E-state index is 0.0438. The molecule has 6 heteroatoms. The third-order valence-corrected chi connectivity index (χ3v) is 2.99. The highest BCUT2D eigenvalue weighted by Gasteiger charge is 2.08. The number of nitrogens with zero attached hydrogens (tertiary/aromatic N) is 2. The number of fused-ring (bicyclic) bond motifs is 1. The maximum absolute atomic E-state index is 10.8. The molecule has 1 amide bonds. The highest BCUT2D eigenvalue weighted by atomic mass is 32.1. The molecule has 0 unspecified atom stereocenters. The molecule has 2 rings (SSSR count). The molecule has 0 spiro atoms. The second-order valence-corrected chi connectivity index (χ2v) is 4.30. The van der Waals surface area contributed by atoms with Crippen LogP contribution in [0.5, 0.6) is 5.75 Å². The van der Waals surface area contributed by atoms with Crippen molar-refractivity contribution >= 4 is 29.6 Å². The normalized spacial score (nSPS) is 10.6. The van der Waals surface area contributed by atoms with Gasteiger partial charge in [0.05, 0.1) is 18.1 Å². The Morgan fingerprint density at radius 1 is 1.56 bits per heavy atom. The van der Waals surface area contributed by atoms with Gasteiger partial charge in [0.1, 0.15) is 5.75 Å². The fourth-order valence-corrected chi connectivity index (χ4v) is 2.10. The van der Waals surface area contributed by atoms with Crippen LogP contribution in [0.25, 0.3) is 11.0 Å². The van der Waals surface area contributed by atoms with Gasteiger partial charge in [-0.15, -0.1) is 12.6 Å². The number of benzene rings is 1. The summed E-state index contributed by atoms with van der Waals surface area (Å²) in [5.74, 6) is 0.731. The van der Waals surface area contributed by atoms with Gasteiger partial charge in [-0.05, 0) is 12.1 Å². The van der Waals surface area contributed by atoms with Crippen LogP contribution in [0, 0.1) is 0 Å². The Hall–Kier alpha value is -1.69. The molecule has 0 fully saturated rings. The summed E-state index contributed by atoms with van der Waals surface area (Å²) in [5, 5.41) is 3.38. The van der Waals surface area contributed by atoms with Crippen LogP contribution in [0.3, 0.4) is 0 Å². The summed E-state index contributed by atoms with van der Waals surface area (Å²) in [7, 11) is 1.63. The Labute approximate surface area is 111 Å². The summed E-state index contributed by atoms with van der Waals surface area (Å²) < 4.78 is 7.13. The number of rotatable bonds is 4. The quantitative estimate of drug-likeness (QED) is 0.823. The van der Waals surface area contributed by atoms with Crippen molar-refractivity contribution in [1.29, 1.82) is 0 Å². The van der Waals surface area contributed by atoms with Gasteiger partial charge in [0, 0.05) is 26.1 Å². The Morgan fingerprint density at radius 2 is 2.33 bits per heavy atom. The van der Waals surface area contributed by atoms with E-state index in [1.807, 2.05) is 22.8 Å². The molecule has 0 saturated heterocycles. The highest BCUT2D eigenvalue weighted by molar-refractivity contribution is 7.80. The number of carbonyl (C=O) groups is 1. The SMILES string of the molecule is COc1ccc2nc(S)n(CCNC(C)=O)c2c1. The van der Waals surface area contributed by atoms with Crippen molar-refractivity contribution in [3.63, 3.8) is 0 Å². The zero-order valence-corrected chi connectivity index (χ0v) is 11.2. The minimum Gasteiger partial charge on any atom is -0.497 e. The van der Waals surface area contributed by atoms with Gasteiger partial charge in [-0.2, -0.15) is 0 Å². The lowest BCUT2D eigenvalue weighted by molar-refractivity contribution is -0.118. The van der Waals surface area contributed by atoms with Crippen molar-refractivity contribution in [3.05, 3.63) is 18.2 Å². The number of thiol groups is 1. The molecule has 0 aliphatic carbocycles. The van der Waals surface area contributed by atoms with Crippen LogP contribution in [-0.4, -0.2) is 29.1 Å². The van der Waals surface area contributed by atoms with Crippen molar-refractivity contribution in [3.8, 4) is 5.75 Å². The first-order chi connectivity index (χ1) is 8.61. The summed E-state index contributed by atoms with van der Waals surface area (Å²) in [6.45, 7) is 2.67. The van der Waals surface area contributed by atoms with Crippen LogP contribution in [0.2, 0.25) is 0 Å². The summed E-state index contributed by atoms with van der Waals surface area (Å²) >= 11 is 4.34. The van der Waals surface area contributed by atoms with E-state index in [1.165, 1.54) is 6.92 Å². The number of hydrogen-bond donors (Lipinski definition) is 2. The maximum atomic E-state index is 10.8. The van der Waals surface area contributed by atoms with E-state index in [9.17, 15) is 4.79 Å². The molecular weight excluding hydrogens is 250 g/mol. The zero-order chi connectivity index (χ0) is 13.1. The summed E-state index contributed by atoms with van der Waals surface area (Å²) in [4.78, 5) is 15.2. The first kappa shape index (κ1) is 12.8. The topological polar surface area (TPSA) is 56.1 Å². The van der Waals surface area contributed by atoms with Crippen LogP contribution < -0.4 is 10.1 Å². The lowest BCUT2D eigenvalue weighted by Crippen LogP contribution is -2.24. The van der Waals surface area contributed by atoms with Gasteiger partial charge in [0.2, 0.25) is 5.91 Å². The summed E-state index contributed by atoms with van der Waals surface area (Å²) in [6.07, 6.45) is 0. The molecule has 5 nitrogen and oxygen atoms in total. The second kappa shape index (κ2) is 5.30. The molecule has 2 aromatic rings. The standard InChI is InChI=1S/C12H15N3O2S/c1-8(16)13-5-6-15-11-7-9(17-2)3-4-10(11)14-12(15)18/h3-4,7H,5-6H2,1-2H3,(H,13,16)(H,14,18). The molecule has 1 N–H and O–H groups in total. The van der Waals surface area contributed by atoms with Crippen LogP contribution >= 0.6 is 12.6 Å². The molecule has 0 aliphatic heterocycles. The fraction of sp³-hybridized carbons (Fsp3) is 0.333. The molecule has 0 atom stereocenters. The molecule has 0 bridgehead atoms. The first-order valence-corrected chi connectivity index (χ1v) is 6.04. The Kier molecular flexibility index (Phi) is 3.76. The van der Waals surface area contributed by atoms with Crippen LogP contribution in [0.15, 0.2) is 23.4 Å². The number of carbonyl (C=O) groups excluding carboxylic acids is 1. The number of ether oxygens (including phenoxy) is 1. The average Bonchev–Trinajstić information content (AvgIpc) is 2.64. The molecular formula is C12H15N3O2S. The minimum atomic E-state index is -0.0438. The van der Waals surface area contributed by atoms with Crippen molar-refractivity contribution < 1.29 is 9.53 Å². The fourth-order valence-electron chi connectivity index (χ4n) is 1.78. The Bertz CT molecular complexity index is 580. The Morgan fingerprint density at radius 3 is 3.00 bits per heavy atom. The van der Waals surface area contributed by atoms with Gasteiger partial charge < -0.3 is 14.6 Å². The summed E-state index contributed by atoms with van der Waals surface area (Å²) in [6, 6.07) is 5.67. The first-order valence-electron chi connectivity index (χ1n) is 5.59. The molecule has 0 saturated carbocycles. The summed E-state index contributed by atoms with van der Waals surface area (Å²) in [5.41, 5.74) is 1.81.